The molecule has 0 bridgehead atoms. The average Bonchev–Trinajstić information content (AvgIpc) is 1.82. The van der Waals surface area contributed by atoms with Crippen LogP contribution in [0.15, 0.2) is 0 Å². The number of hydrogen-bond acceptors (Lipinski definition) is 6. The fraction of sp³-hybridized carbons (Fsp3) is 0.625. The van der Waals surface area contributed by atoms with Crippen molar-refractivity contribution in [3.05, 3.63) is 0 Å². The van der Waals surface area contributed by atoms with Crippen LogP contribution in [0.3, 0.4) is 0 Å². The summed E-state index contributed by atoms with van der Waals surface area (Å²) in [4.78, 5) is 27.3. The Morgan fingerprint density at radius 1 is 0.933 bits per heavy atom. The molecule has 0 radical (unpaired) electrons. The van der Waals surface area contributed by atoms with E-state index in [9.17, 15) is 9.90 Å². The maximum absolute atomic E-state index is 9.49. The van der Waals surface area contributed by atoms with E-state index in [0.717, 1.165) is 13.8 Å². The Balaban J connectivity index is -0.0000000606. The molecule has 15 heavy (non-hydrogen) atoms. The van der Waals surface area contributed by atoms with Crippen molar-refractivity contribution in [2.45, 2.75) is 33.6 Å². The number of carbonyl (C=O) groups excluding carboxylic acids is 3. The Labute approximate surface area is 99.0 Å². The number of carbonyl (C=O) groups is 3. The average molecular weight is 232 g/mol. The number of aliphatic carboxylic acids is 3. The zero-order chi connectivity index (χ0) is 12.1. The summed E-state index contributed by atoms with van der Waals surface area (Å²) >= 11 is 0. The molecule has 0 aliphatic rings. The van der Waals surface area contributed by atoms with Crippen LogP contribution in [-0.2, 0) is 14.4 Å². The Morgan fingerprint density at radius 3 is 1.13 bits per heavy atom. The number of carboxylic acids is 3. The van der Waals surface area contributed by atoms with Gasteiger partial charge in [-0.2, -0.15) is 0 Å². The second kappa shape index (κ2) is 18.7. The van der Waals surface area contributed by atoms with Gasteiger partial charge in [0.2, 0.25) is 0 Å². The Morgan fingerprint density at radius 2 is 1.13 bits per heavy atom. The van der Waals surface area contributed by atoms with Gasteiger partial charge in [0.25, 0.3) is 0 Å². The molecule has 0 aliphatic carbocycles. The molecule has 0 heterocycles. The summed E-state index contributed by atoms with van der Waals surface area (Å²) in [5.41, 5.74) is 0. The monoisotopic (exact) mass is 232 g/mol. The van der Waals surface area contributed by atoms with Crippen LogP contribution < -0.4 is 15.3 Å². The van der Waals surface area contributed by atoms with Crippen molar-refractivity contribution < 1.29 is 29.7 Å². The predicted octanol–water partition coefficient (Wildman–Crippen LogP) is -3.33. The van der Waals surface area contributed by atoms with Crippen LogP contribution in [0.25, 0.3) is 0 Å². The van der Waals surface area contributed by atoms with Crippen LogP contribution in [0.4, 0.5) is 0 Å². The molecule has 0 rings (SSSR count). The van der Waals surface area contributed by atoms with E-state index in [1.165, 1.54) is 0 Å². The van der Waals surface area contributed by atoms with E-state index >= 15 is 0 Å². The van der Waals surface area contributed by atoms with Crippen molar-refractivity contribution in [3.8, 4) is 0 Å². The topological polar surface area (TPSA) is 120 Å². The maximum Gasteiger partial charge on any atom is 3.00 e. The molecule has 0 aliphatic heterocycles. The van der Waals surface area contributed by atoms with Crippen molar-refractivity contribution in [1.29, 1.82) is 0 Å². The molecule has 0 aromatic carbocycles. The third kappa shape index (κ3) is 411. The maximum atomic E-state index is 9.49. The van der Waals surface area contributed by atoms with Gasteiger partial charge in [-0.15, -0.1) is 0 Å². The quantitative estimate of drug-likeness (QED) is 0.459. The van der Waals surface area contributed by atoms with Gasteiger partial charge in [-0.3, -0.25) is 0 Å². The molecule has 84 valence electrons. The Bertz CT molecular complexity index is 160. The van der Waals surface area contributed by atoms with Crippen molar-refractivity contribution in [1.82, 2.24) is 0 Å². The minimum atomic E-state index is -1.08. The van der Waals surface area contributed by atoms with Gasteiger partial charge in [-0.1, -0.05) is 13.3 Å². The standard InChI is InChI=1S/C4H8O2.2C2H4O2.Al/c1-2-3-4(5)6;2*1-2(3)4;/h2-3H2,1H3,(H,5,6);2*1H3,(H,3,4);/q;;;+3/p-3. The fourth-order valence-electron chi connectivity index (χ4n) is 0.204. The minimum Gasteiger partial charge on any atom is -0.550 e. The van der Waals surface area contributed by atoms with Gasteiger partial charge in [0.1, 0.15) is 0 Å². The Kier molecular flexibility index (Phi) is 29.4. The van der Waals surface area contributed by atoms with E-state index < -0.39 is 17.9 Å². The molecule has 0 saturated heterocycles. The zero-order valence-corrected chi connectivity index (χ0v) is 10.1. The SMILES string of the molecule is CC(=O)[O-].CC(=O)[O-].CCCC(=O)[O-].[Al+3]. The van der Waals surface area contributed by atoms with Crippen LogP contribution in [0.2, 0.25) is 0 Å². The predicted molar refractivity (Wildman–Crippen MR) is 47.0 cm³/mol. The first-order chi connectivity index (χ1) is 6.23. The largest absolute Gasteiger partial charge is 3.00 e. The summed E-state index contributed by atoms with van der Waals surface area (Å²) in [5, 5.41) is 27.3. The van der Waals surface area contributed by atoms with E-state index in [2.05, 4.69) is 0 Å². The summed E-state index contributed by atoms with van der Waals surface area (Å²) in [7, 11) is 0. The normalized spacial score (nSPS) is 6.60. The molecule has 0 amide bonds. The summed E-state index contributed by atoms with van der Waals surface area (Å²) in [5.74, 6) is -3.13. The molecule has 0 spiro atoms. The summed E-state index contributed by atoms with van der Waals surface area (Å²) in [6, 6.07) is 0. The van der Waals surface area contributed by atoms with Crippen molar-refractivity contribution >= 4 is 35.3 Å². The van der Waals surface area contributed by atoms with Crippen LogP contribution in [0.5, 0.6) is 0 Å². The van der Waals surface area contributed by atoms with E-state index in [4.69, 9.17) is 19.8 Å². The van der Waals surface area contributed by atoms with E-state index in [0.29, 0.717) is 6.42 Å². The van der Waals surface area contributed by atoms with E-state index in [1.807, 2.05) is 0 Å². The van der Waals surface area contributed by atoms with Gasteiger partial charge in [0, 0.05) is 17.9 Å². The van der Waals surface area contributed by atoms with Gasteiger partial charge in [0.15, 0.2) is 0 Å². The van der Waals surface area contributed by atoms with Crippen molar-refractivity contribution in [3.63, 3.8) is 0 Å². The van der Waals surface area contributed by atoms with Gasteiger partial charge in [-0.25, -0.2) is 0 Å². The van der Waals surface area contributed by atoms with E-state index in [1.54, 1.807) is 6.92 Å². The van der Waals surface area contributed by atoms with Crippen LogP contribution in [0, 0.1) is 0 Å². The zero-order valence-electron chi connectivity index (χ0n) is 8.94. The van der Waals surface area contributed by atoms with Gasteiger partial charge >= 0.3 is 17.4 Å². The third-order valence-corrected chi connectivity index (χ3v) is 0.454. The van der Waals surface area contributed by atoms with Crippen molar-refractivity contribution in [2.75, 3.05) is 0 Å². The second-order valence-electron chi connectivity index (χ2n) is 2.11. The first-order valence-electron chi connectivity index (χ1n) is 3.79. The summed E-state index contributed by atoms with van der Waals surface area (Å²) in [6.07, 6.45) is 0.850. The molecule has 0 N–H and O–H groups in total. The number of hydrogen-bond donors (Lipinski definition) is 0. The summed E-state index contributed by atoms with van der Waals surface area (Å²) in [6.45, 7) is 3.75. The molecular formula is C8H13AlO6. The molecule has 0 fully saturated rings. The first kappa shape index (κ1) is 23.6. The first-order valence-corrected chi connectivity index (χ1v) is 3.79. The molecule has 0 aromatic rings. The molecule has 7 heteroatoms. The number of rotatable bonds is 2. The third-order valence-electron chi connectivity index (χ3n) is 0.454. The van der Waals surface area contributed by atoms with Crippen molar-refractivity contribution in [2.24, 2.45) is 0 Å². The minimum absolute atomic E-state index is 0. The molecule has 0 atom stereocenters. The Hall–Kier alpha value is -1.06. The van der Waals surface area contributed by atoms with Crippen LogP contribution >= 0.6 is 0 Å². The molecule has 6 nitrogen and oxygen atoms in total. The molecule has 0 saturated carbocycles. The van der Waals surface area contributed by atoms with E-state index in [-0.39, 0.29) is 23.8 Å². The van der Waals surface area contributed by atoms with Gasteiger partial charge in [0.05, 0.1) is 0 Å². The smallest absolute Gasteiger partial charge is 0.550 e. The fourth-order valence-corrected chi connectivity index (χ4v) is 0.204. The second-order valence-corrected chi connectivity index (χ2v) is 2.11. The molecule has 0 aromatic heterocycles. The summed E-state index contributed by atoms with van der Waals surface area (Å²) < 4.78 is 0. The van der Waals surface area contributed by atoms with Crippen LogP contribution in [-0.4, -0.2) is 35.3 Å². The van der Waals surface area contributed by atoms with Crippen LogP contribution in [0.1, 0.15) is 33.6 Å². The van der Waals surface area contributed by atoms with Gasteiger partial charge in [-0.05, 0) is 20.3 Å². The molecular weight excluding hydrogens is 219 g/mol. The van der Waals surface area contributed by atoms with Gasteiger partial charge < -0.3 is 29.7 Å². The molecule has 0 unspecified atom stereocenters. The number of carboxylic acid groups (broad SMARTS) is 3.